The molecule has 11 heteroatoms. The van der Waals surface area contributed by atoms with Crippen LogP contribution in [0, 0.1) is 12.8 Å². The van der Waals surface area contributed by atoms with Crippen molar-refractivity contribution in [2.75, 3.05) is 19.7 Å². The molecule has 1 heterocycles. The molecular formula is C30H46N4O6S. The number of aliphatic hydroxyl groups excluding tert-OH is 1. The number of carbonyl (C=O) groups excluding carboxylic acids is 2. The Morgan fingerprint density at radius 3 is 2.24 bits per heavy atom. The zero-order chi connectivity index (χ0) is 30.6. The van der Waals surface area contributed by atoms with E-state index in [0.717, 1.165) is 11.1 Å². The maximum Gasteiger partial charge on any atom is 0.408 e. The second kappa shape index (κ2) is 15.8. The Bertz CT molecular complexity index is 1200. The Balaban J connectivity index is 2.00. The van der Waals surface area contributed by atoms with Gasteiger partial charge in [-0.1, -0.05) is 38.0 Å². The molecule has 0 unspecified atom stereocenters. The van der Waals surface area contributed by atoms with Crippen LogP contribution in [-0.2, 0) is 26.0 Å². The number of alkyl carbamates (subject to hydrolysis) is 1. The lowest BCUT2D eigenvalue weighted by Gasteiger charge is -2.31. The molecule has 10 nitrogen and oxygen atoms in total. The Morgan fingerprint density at radius 2 is 1.68 bits per heavy atom. The molecular weight excluding hydrogens is 544 g/mol. The summed E-state index contributed by atoms with van der Waals surface area (Å²) < 4.78 is 33.7. The highest BCUT2D eigenvalue weighted by Crippen LogP contribution is 2.23. The number of ether oxygens (including phenoxy) is 1. The zero-order valence-corrected chi connectivity index (χ0v) is 25.9. The normalized spacial score (nSPS) is 13.6. The van der Waals surface area contributed by atoms with E-state index in [1.54, 1.807) is 69.6 Å². The van der Waals surface area contributed by atoms with E-state index in [9.17, 15) is 23.1 Å². The topological polar surface area (TPSA) is 138 Å². The van der Waals surface area contributed by atoms with E-state index in [2.05, 4.69) is 15.6 Å². The molecule has 0 aliphatic heterocycles. The van der Waals surface area contributed by atoms with Gasteiger partial charge in [-0.3, -0.25) is 9.78 Å². The quantitative estimate of drug-likeness (QED) is 0.268. The van der Waals surface area contributed by atoms with Gasteiger partial charge in [-0.25, -0.2) is 13.2 Å². The summed E-state index contributed by atoms with van der Waals surface area (Å²) in [6.07, 6.45) is 4.41. The third kappa shape index (κ3) is 11.8. The first-order valence-corrected chi connectivity index (χ1v) is 15.5. The van der Waals surface area contributed by atoms with E-state index in [0.29, 0.717) is 25.8 Å². The van der Waals surface area contributed by atoms with Crippen LogP contribution in [0.2, 0.25) is 0 Å². The molecule has 0 bridgehead atoms. The van der Waals surface area contributed by atoms with Gasteiger partial charge in [0, 0.05) is 37.9 Å². The third-order valence-electron chi connectivity index (χ3n) is 6.25. The van der Waals surface area contributed by atoms with Crippen LogP contribution in [0.15, 0.2) is 53.7 Å². The smallest absolute Gasteiger partial charge is 0.408 e. The zero-order valence-electron chi connectivity index (χ0n) is 25.1. The molecule has 0 fully saturated rings. The minimum Gasteiger partial charge on any atom is -0.444 e. The number of nitrogens with one attached hydrogen (secondary N) is 2. The Kier molecular flexibility index (Phi) is 13.2. The molecule has 0 aliphatic rings. The van der Waals surface area contributed by atoms with Gasteiger partial charge in [-0.05, 0) is 76.3 Å². The molecule has 0 saturated heterocycles. The molecule has 2 aromatic rings. The number of aliphatic hydroxyl groups is 1. The van der Waals surface area contributed by atoms with Crippen molar-refractivity contribution in [3.63, 3.8) is 0 Å². The van der Waals surface area contributed by atoms with Crippen molar-refractivity contribution < 1.29 is 27.9 Å². The third-order valence-corrected chi connectivity index (χ3v) is 8.18. The molecule has 0 saturated carbocycles. The van der Waals surface area contributed by atoms with Crippen LogP contribution in [-0.4, -0.2) is 72.2 Å². The van der Waals surface area contributed by atoms with Crippen LogP contribution >= 0.6 is 0 Å². The number of unbranched alkanes of at least 4 members (excludes halogenated alkanes) is 1. The van der Waals surface area contributed by atoms with Gasteiger partial charge in [0.1, 0.15) is 11.6 Å². The van der Waals surface area contributed by atoms with Crippen LogP contribution in [0.25, 0.3) is 0 Å². The summed E-state index contributed by atoms with van der Waals surface area (Å²) in [4.78, 5) is 29.6. The summed E-state index contributed by atoms with van der Waals surface area (Å²) in [7, 11) is -3.80. The number of sulfonamides is 1. The van der Waals surface area contributed by atoms with Gasteiger partial charge in [0.2, 0.25) is 15.9 Å². The minimum absolute atomic E-state index is 0.0679. The molecule has 3 N–H and O–H groups in total. The maximum absolute atomic E-state index is 13.5. The summed E-state index contributed by atoms with van der Waals surface area (Å²) in [6.45, 7) is 11.3. The van der Waals surface area contributed by atoms with Gasteiger partial charge in [-0.2, -0.15) is 4.31 Å². The van der Waals surface area contributed by atoms with E-state index >= 15 is 0 Å². The molecule has 1 aromatic carbocycles. The molecule has 0 spiro atoms. The van der Waals surface area contributed by atoms with Crippen molar-refractivity contribution in [1.29, 1.82) is 0 Å². The molecule has 2 atom stereocenters. The summed E-state index contributed by atoms with van der Waals surface area (Å²) in [6, 6.07) is 8.82. The molecule has 2 rings (SSSR count). The fourth-order valence-corrected chi connectivity index (χ4v) is 6.04. The Hall–Kier alpha value is -3.02. The standard InChI is InChI=1S/C30H46N4O6S/c1-22(2)20-34(41(38,39)26-12-10-23(3)11-13-26)25(21-35)9-7-8-16-32-28(36)27(19-24-14-17-31-18-15-24)33-29(37)40-30(4,5)6/h10-15,17-18,22,25,27,35H,7-9,16,19-21H2,1-6H3,(H,32,36)(H,33,37)/t25-,27-/m0/s1. The molecule has 2 amide bonds. The van der Waals surface area contributed by atoms with Gasteiger partial charge >= 0.3 is 6.09 Å². The first kappa shape index (κ1) is 34.2. The Morgan fingerprint density at radius 1 is 1.05 bits per heavy atom. The number of nitrogens with zero attached hydrogens (tertiary/aromatic N) is 2. The summed E-state index contributed by atoms with van der Waals surface area (Å²) in [5.74, 6) is -0.284. The fraction of sp³-hybridized carbons (Fsp3) is 0.567. The maximum atomic E-state index is 13.5. The minimum atomic E-state index is -3.80. The number of rotatable bonds is 15. The molecule has 0 radical (unpaired) electrons. The lowest BCUT2D eigenvalue weighted by molar-refractivity contribution is -0.123. The van der Waals surface area contributed by atoms with Crippen molar-refractivity contribution in [3.8, 4) is 0 Å². The highest BCUT2D eigenvalue weighted by molar-refractivity contribution is 7.89. The van der Waals surface area contributed by atoms with Gasteiger partial charge in [0.15, 0.2) is 0 Å². The van der Waals surface area contributed by atoms with E-state index in [-0.39, 0.29) is 36.3 Å². The average molecular weight is 591 g/mol. The highest BCUT2D eigenvalue weighted by Gasteiger charge is 2.31. The average Bonchev–Trinajstić information content (AvgIpc) is 2.89. The van der Waals surface area contributed by atoms with Gasteiger partial charge < -0.3 is 20.5 Å². The first-order chi connectivity index (χ1) is 19.2. The largest absolute Gasteiger partial charge is 0.444 e. The number of hydrogen-bond acceptors (Lipinski definition) is 7. The van der Waals surface area contributed by atoms with Crippen LogP contribution < -0.4 is 10.6 Å². The van der Waals surface area contributed by atoms with Gasteiger partial charge in [-0.15, -0.1) is 0 Å². The highest BCUT2D eigenvalue weighted by atomic mass is 32.2. The lowest BCUT2D eigenvalue weighted by atomic mass is 10.1. The van der Waals surface area contributed by atoms with Gasteiger partial charge in [0.25, 0.3) is 0 Å². The van der Waals surface area contributed by atoms with Crippen LogP contribution in [0.1, 0.15) is 65.0 Å². The first-order valence-electron chi connectivity index (χ1n) is 14.1. The number of amides is 2. The number of hydrogen-bond donors (Lipinski definition) is 3. The second-order valence-corrected chi connectivity index (χ2v) is 13.6. The summed E-state index contributed by atoms with van der Waals surface area (Å²) in [5.41, 5.74) is 1.09. The monoisotopic (exact) mass is 590 g/mol. The fourth-order valence-electron chi connectivity index (χ4n) is 4.23. The van der Waals surface area contributed by atoms with E-state index in [4.69, 9.17) is 4.74 Å². The summed E-state index contributed by atoms with van der Waals surface area (Å²) in [5, 5.41) is 15.7. The summed E-state index contributed by atoms with van der Waals surface area (Å²) >= 11 is 0. The Labute approximate surface area is 244 Å². The number of pyridine rings is 1. The number of aryl methyl sites for hydroxylation is 1. The predicted molar refractivity (Wildman–Crippen MR) is 159 cm³/mol. The lowest BCUT2D eigenvalue weighted by Crippen LogP contribution is -2.49. The second-order valence-electron chi connectivity index (χ2n) is 11.7. The molecule has 228 valence electrons. The van der Waals surface area contributed by atoms with Crippen LogP contribution in [0.4, 0.5) is 4.79 Å². The van der Waals surface area contributed by atoms with Crippen molar-refractivity contribution >= 4 is 22.0 Å². The van der Waals surface area contributed by atoms with E-state index in [1.807, 2.05) is 20.8 Å². The molecule has 0 aliphatic carbocycles. The van der Waals surface area contributed by atoms with E-state index < -0.39 is 33.8 Å². The van der Waals surface area contributed by atoms with Gasteiger partial charge in [0.05, 0.1) is 11.5 Å². The van der Waals surface area contributed by atoms with E-state index in [1.165, 1.54) is 4.31 Å². The molecule has 41 heavy (non-hydrogen) atoms. The number of carbonyl (C=O) groups is 2. The van der Waals surface area contributed by atoms with Crippen molar-refractivity contribution in [2.45, 2.75) is 89.8 Å². The SMILES string of the molecule is Cc1ccc(S(=O)(=O)N(CC(C)C)[C@H](CO)CCCCNC(=O)[C@H](Cc2ccncc2)NC(=O)OC(C)(C)C)cc1. The number of aromatic nitrogens is 1. The number of benzene rings is 1. The van der Waals surface area contributed by atoms with Crippen molar-refractivity contribution in [1.82, 2.24) is 19.9 Å². The van der Waals surface area contributed by atoms with Crippen molar-refractivity contribution in [2.24, 2.45) is 5.92 Å². The van der Waals surface area contributed by atoms with Crippen LogP contribution in [0.5, 0.6) is 0 Å². The predicted octanol–water partition coefficient (Wildman–Crippen LogP) is 3.82. The molecule has 1 aromatic heterocycles. The van der Waals surface area contributed by atoms with Crippen LogP contribution in [0.3, 0.4) is 0 Å². The van der Waals surface area contributed by atoms with Crippen molar-refractivity contribution in [3.05, 3.63) is 59.9 Å².